The van der Waals surface area contributed by atoms with Crippen molar-refractivity contribution in [2.24, 2.45) is 0 Å². The maximum atomic E-state index is 5.84. The summed E-state index contributed by atoms with van der Waals surface area (Å²) in [6, 6.07) is 12.2. The molecular formula is C17H20N4. The Labute approximate surface area is 124 Å². The normalized spacial score (nSPS) is 11.1. The summed E-state index contributed by atoms with van der Waals surface area (Å²) in [5.41, 5.74) is 10.7. The van der Waals surface area contributed by atoms with Gasteiger partial charge in [0.25, 0.3) is 0 Å². The molecule has 0 radical (unpaired) electrons. The van der Waals surface area contributed by atoms with E-state index in [-0.39, 0.29) is 0 Å². The first-order valence-corrected chi connectivity index (χ1v) is 7.35. The minimum absolute atomic E-state index is 0.732. The third-order valence-electron chi connectivity index (χ3n) is 3.70. The molecule has 108 valence electrons. The molecule has 21 heavy (non-hydrogen) atoms. The topological polar surface area (TPSA) is 56.7 Å². The van der Waals surface area contributed by atoms with Crippen molar-refractivity contribution in [1.82, 2.24) is 14.5 Å². The van der Waals surface area contributed by atoms with E-state index in [1.165, 1.54) is 5.52 Å². The van der Waals surface area contributed by atoms with Crippen LogP contribution in [0.15, 0.2) is 36.4 Å². The largest absolute Gasteiger partial charge is 0.397 e. The number of nitrogens with two attached hydrogens (primary N) is 1. The number of imidazole rings is 1. The fourth-order valence-corrected chi connectivity index (χ4v) is 2.62. The lowest BCUT2D eigenvalue weighted by molar-refractivity contribution is 0.662. The van der Waals surface area contributed by atoms with E-state index < -0.39 is 0 Å². The number of aryl methyl sites for hydroxylation is 2. The van der Waals surface area contributed by atoms with Crippen LogP contribution in [0.3, 0.4) is 0 Å². The Morgan fingerprint density at radius 3 is 2.67 bits per heavy atom. The number of hydrogen-bond acceptors (Lipinski definition) is 3. The number of benzene rings is 1. The van der Waals surface area contributed by atoms with Crippen LogP contribution < -0.4 is 5.73 Å². The molecule has 0 aliphatic rings. The molecule has 4 heteroatoms. The molecule has 0 aliphatic heterocycles. The molecule has 0 fully saturated rings. The van der Waals surface area contributed by atoms with Crippen molar-refractivity contribution in [3.63, 3.8) is 0 Å². The Bertz CT molecular complexity index is 774. The Morgan fingerprint density at radius 2 is 1.90 bits per heavy atom. The SMILES string of the molecule is CCCn1c(Cc2ccc(N)c(C)n2)nc2ccccc21. The zero-order chi connectivity index (χ0) is 14.8. The van der Waals surface area contributed by atoms with Crippen LogP contribution in [0.1, 0.15) is 30.6 Å². The van der Waals surface area contributed by atoms with Gasteiger partial charge in [-0.15, -0.1) is 0 Å². The van der Waals surface area contributed by atoms with Gasteiger partial charge in [-0.05, 0) is 37.6 Å². The number of para-hydroxylation sites is 2. The molecule has 2 aromatic heterocycles. The highest BCUT2D eigenvalue weighted by Crippen LogP contribution is 2.19. The van der Waals surface area contributed by atoms with E-state index >= 15 is 0 Å². The summed E-state index contributed by atoms with van der Waals surface area (Å²) in [6.07, 6.45) is 1.82. The van der Waals surface area contributed by atoms with Crippen LogP contribution >= 0.6 is 0 Å². The molecule has 2 N–H and O–H groups in total. The van der Waals surface area contributed by atoms with Crippen molar-refractivity contribution in [2.75, 3.05) is 5.73 Å². The van der Waals surface area contributed by atoms with E-state index in [0.717, 1.165) is 47.8 Å². The van der Waals surface area contributed by atoms with Gasteiger partial charge in [-0.2, -0.15) is 0 Å². The molecule has 0 saturated heterocycles. The number of rotatable bonds is 4. The van der Waals surface area contributed by atoms with E-state index in [0.29, 0.717) is 0 Å². The minimum atomic E-state index is 0.732. The third-order valence-corrected chi connectivity index (χ3v) is 3.70. The lowest BCUT2D eigenvalue weighted by Gasteiger charge is -2.08. The Hall–Kier alpha value is -2.36. The molecule has 0 saturated carbocycles. The molecule has 0 aliphatic carbocycles. The summed E-state index contributed by atoms with van der Waals surface area (Å²) in [7, 11) is 0. The number of nitrogen functional groups attached to an aromatic ring is 1. The highest BCUT2D eigenvalue weighted by molar-refractivity contribution is 5.76. The van der Waals surface area contributed by atoms with Crippen molar-refractivity contribution in [3.8, 4) is 0 Å². The first-order valence-electron chi connectivity index (χ1n) is 7.35. The molecule has 2 heterocycles. The Morgan fingerprint density at radius 1 is 1.10 bits per heavy atom. The number of fused-ring (bicyclic) bond motifs is 1. The highest BCUT2D eigenvalue weighted by atomic mass is 15.1. The second-order valence-electron chi connectivity index (χ2n) is 5.32. The van der Waals surface area contributed by atoms with Crippen molar-refractivity contribution in [1.29, 1.82) is 0 Å². The number of hydrogen-bond donors (Lipinski definition) is 1. The molecule has 3 rings (SSSR count). The van der Waals surface area contributed by atoms with E-state index in [2.05, 4.69) is 34.7 Å². The van der Waals surface area contributed by atoms with Gasteiger partial charge < -0.3 is 10.3 Å². The average Bonchev–Trinajstić information content (AvgIpc) is 2.81. The second-order valence-corrected chi connectivity index (χ2v) is 5.32. The quantitative estimate of drug-likeness (QED) is 0.797. The smallest absolute Gasteiger partial charge is 0.115 e. The second kappa shape index (κ2) is 5.56. The Balaban J connectivity index is 2.02. The molecule has 1 aromatic carbocycles. The molecule has 0 bridgehead atoms. The molecule has 0 spiro atoms. The zero-order valence-corrected chi connectivity index (χ0v) is 12.5. The van der Waals surface area contributed by atoms with Gasteiger partial charge in [0, 0.05) is 18.7 Å². The predicted octanol–water partition coefficient (Wildman–Crippen LogP) is 3.32. The molecule has 3 aromatic rings. The zero-order valence-electron chi connectivity index (χ0n) is 12.5. The van der Waals surface area contributed by atoms with Crippen LogP contribution in [0.25, 0.3) is 11.0 Å². The number of anilines is 1. The van der Waals surface area contributed by atoms with Gasteiger partial charge in [-0.3, -0.25) is 4.98 Å². The first kappa shape index (κ1) is 13.6. The fraction of sp³-hybridized carbons (Fsp3) is 0.294. The van der Waals surface area contributed by atoms with E-state index in [1.54, 1.807) is 0 Å². The number of aromatic nitrogens is 3. The molecule has 0 unspecified atom stereocenters. The Kier molecular flexibility index (Phi) is 3.60. The van der Waals surface area contributed by atoms with Gasteiger partial charge in [-0.25, -0.2) is 4.98 Å². The lowest BCUT2D eigenvalue weighted by Crippen LogP contribution is -2.06. The number of nitrogens with zero attached hydrogens (tertiary/aromatic N) is 3. The van der Waals surface area contributed by atoms with Gasteiger partial charge in [0.05, 0.1) is 22.4 Å². The molecular weight excluding hydrogens is 260 g/mol. The van der Waals surface area contributed by atoms with Gasteiger partial charge in [0.2, 0.25) is 0 Å². The molecule has 0 atom stereocenters. The van der Waals surface area contributed by atoms with Gasteiger partial charge in [0.1, 0.15) is 5.82 Å². The van der Waals surface area contributed by atoms with Gasteiger partial charge in [0.15, 0.2) is 0 Å². The summed E-state index contributed by atoms with van der Waals surface area (Å²) in [4.78, 5) is 9.33. The maximum Gasteiger partial charge on any atom is 0.115 e. The molecule has 0 amide bonds. The van der Waals surface area contributed by atoms with Crippen LogP contribution in [0.2, 0.25) is 0 Å². The van der Waals surface area contributed by atoms with Gasteiger partial charge >= 0.3 is 0 Å². The predicted molar refractivity (Wildman–Crippen MR) is 86.2 cm³/mol. The van der Waals surface area contributed by atoms with E-state index in [1.807, 2.05) is 25.1 Å². The van der Waals surface area contributed by atoms with Crippen LogP contribution in [-0.2, 0) is 13.0 Å². The van der Waals surface area contributed by atoms with Crippen molar-refractivity contribution >= 4 is 16.7 Å². The monoisotopic (exact) mass is 280 g/mol. The van der Waals surface area contributed by atoms with Crippen molar-refractivity contribution in [2.45, 2.75) is 33.2 Å². The first-order chi connectivity index (χ1) is 10.2. The van der Waals surface area contributed by atoms with E-state index in [4.69, 9.17) is 10.7 Å². The minimum Gasteiger partial charge on any atom is -0.397 e. The molecule has 4 nitrogen and oxygen atoms in total. The van der Waals surface area contributed by atoms with Crippen LogP contribution in [0, 0.1) is 6.92 Å². The summed E-state index contributed by atoms with van der Waals surface area (Å²) >= 11 is 0. The summed E-state index contributed by atoms with van der Waals surface area (Å²) < 4.78 is 2.29. The van der Waals surface area contributed by atoms with Gasteiger partial charge in [-0.1, -0.05) is 19.1 Å². The standard InChI is InChI=1S/C17H20N4/c1-3-10-21-16-7-5-4-6-15(16)20-17(21)11-13-8-9-14(18)12(2)19-13/h4-9H,3,10-11,18H2,1-2H3. The van der Waals surface area contributed by atoms with Crippen LogP contribution in [0.5, 0.6) is 0 Å². The van der Waals surface area contributed by atoms with Crippen molar-refractivity contribution in [3.05, 3.63) is 53.6 Å². The van der Waals surface area contributed by atoms with Crippen LogP contribution in [0.4, 0.5) is 5.69 Å². The lowest BCUT2D eigenvalue weighted by atomic mass is 10.2. The van der Waals surface area contributed by atoms with Crippen LogP contribution in [-0.4, -0.2) is 14.5 Å². The fourth-order valence-electron chi connectivity index (χ4n) is 2.62. The number of pyridine rings is 1. The summed E-state index contributed by atoms with van der Waals surface area (Å²) in [5.74, 6) is 1.06. The average molecular weight is 280 g/mol. The summed E-state index contributed by atoms with van der Waals surface area (Å²) in [6.45, 7) is 5.10. The highest BCUT2D eigenvalue weighted by Gasteiger charge is 2.11. The third kappa shape index (κ3) is 2.61. The summed E-state index contributed by atoms with van der Waals surface area (Å²) in [5, 5.41) is 0. The maximum absolute atomic E-state index is 5.84. The van der Waals surface area contributed by atoms with E-state index in [9.17, 15) is 0 Å². The van der Waals surface area contributed by atoms with Crippen molar-refractivity contribution < 1.29 is 0 Å².